The molecule has 1 aromatic rings. The van der Waals surface area contributed by atoms with Gasteiger partial charge in [-0.15, -0.1) is 0 Å². The quantitative estimate of drug-likeness (QED) is 0.875. The number of hydrogen-bond acceptors (Lipinski definition) is 3. The summed E-state index contributed by atoms with van der Waals surface area (Å²) < 4.78 is 0. The minimum atomic E-state index is 0.0869. The Labute approximate surface area is 134 Å². The first-order valence-electron chi connectivity index (χ1n) is 8.36. The van der Waals surface area contributed by atoms with E-state index in [0.29, 0.717) is 12.0 Å². The minimum Gasteiger partial charge on any atom is -0.341 e. The molecule has 1 aromatic carbocycles. The Hall–Kier alpha value is -1.39. The van der Waals surface area contributed by atoms with Crippen molar-refractivity contribution in [1.29, 1.82) is 0 Å². The summed E-state index contributed by atoms with van der Waals surface area (Å²) in [4.78, 5) is 16.3. The van der Waals surface area contributed by atoms with Crippen molar-refractivity contribution in [3.8, 4) is 0 Å². The summed E-state index contributed by atoms with van der Waals surface area (Å²) in [7, 11) is 0. The smallest absolute Gasteiger partial charge is 0.236 e. The molecule has 1 fully saturated rings. The Morgan fingerprint density at radius 1 is 1.36 bits per heavy atom. The number of carbonyl (C=O) groups excluding carboxylic acids is 1. The maximum absolute atomic E-state index is 11.8. The van der Waals surface area contributed by atoms with Gasteiger partial charge in [-0.25, -0.2) is 0 Å². The molecule has 0 aromatic heterocycles. The number of benzene rings is 1. The number of piperidine rings is 1. The van der Waals surface area contributed by atoms with Crippen LogP contribution in [0.1, 0.15) is 32.3 Å². The highest BCUT2D eigenvalue weighted by Gasteiger charge is 2.25. The summed E-state index contributed by atoms with van der Waals surface area (Å²) in [5, 5.41) is 0. The predicted octanol–water partition coefficient (Wildman–Crippen LogP) is 2.09. The highest BCUT2D eigenvalue weighted by molar-refractivity contribution is 5.78. The molecule has 1 aliphatic heterocycles. The number of carbonyl (C=O) groups is 1. The van der Waals surface area contributed by atoms with E-state index in [9.17, 15) is 4.79 Å². The third-order valence-corrected chi connectivity index (χ3v) is 4.50. The van der Waals surface area contributed by atoms with E-state index in [-0.39, 0.29) is 12.5 Å². The molecular formula is C18H29N3O. The molecule has 4 nitrogen and oxygen atoms in total. The van der Waals surface area contributed by atoms with Crippen molar-refractivity contribution >= 4 is 5.91 Å². The zero-order chi connectivity index (χ0) is 15.9. The number of amides is 1. The Morgan fingerprint density at radius 2 is 2.09 bits per heavy atom. The molecule has 1 atom stereocenters. The molecule has 22 heavy (non-hydrogen) atoms. The molecule has 0 saturated carbocycles. The molecule has 2 rings (SSSR count). The normalized spacial score (nSPS) is 19.0. The molecule has 0 aliphatic carbocycles. The predicted molar refractivity (Wildman–Crippen MR) is 90.3 cm³/mol. The van der Waals surface area contributed by atoms with Crippen molar-refractivity contribution in [2.45, 2.75) is 39.3 Å². The van der Waals surface area contributed by atoms with E-state index in [1.165, 1.54) is 12.0 Å². The van der Waals surface area contributed by atoms with Crippen LogP contribution in [0.3, 0.4) is 0 Å². The summed E-state index contributed by atoms with van der Waals surface area (Å²) in [6.45, 7) is 8.36. The molecule has 0 bridgehead atoms. The molecule has 0 spiro atoms. The summed E-state index contributed by atoms with van der Waals surface area (Å²) in [6.07, 6.45) is 2.29. The standard InChI is InChI=1S/C18H29N3O/c1-15(2)21(12-16-7-4-3-5-8-16)14-17-9-6-10-20(13-17)18(22)11-19/h3-5,7-8,15,17H,6,9-14,19H2,1-2H3/t17-/m1/s1. The lowest BCUT2D eigenvalue weighted by Crippen LogP contribution is -2.46. The fourth-order valence-electron chi connectivity index (χ4n) is 3.18. The minimum absolute atomic E-state index is 0.0869. The first-order chi connectivity index (χ1) is 10.6. The van der Waals surface area contributed by atoms with Crippen molar-refractivity contribution in [3.05, 3.63) is 35.9 Å². The monoisotopic (exact) mass is 303 g/mol. The van der Waals surface area contributed by atoms with Gasteiger partial charge < -0.3 is 10.6 Å². The lowest BCUT2D eigenvalue weighted by atomic mass is 9.96. The SMILES string of the molecule is CC(C)N(Cc1ccccc1)C[C@@H]1CCCN(C(=O)CN)C1. The Balaban J connectivity index is 1.94. The Morgan fingerprint density at radius 3 is 2.73 bits per heavy atom. The summed E-state index contributed by atoms with van der Waals surface area (Å²) in [5.41, 5.74) is 6.85. The van der Waals surface area contributed by atoms with E-state index in [0.717, 1.165) is 32.6 Å². The number of rotatable bonds is 6. The lowest BCUT2D eigenvalue weighted by Gasteiger charge is -2.37. The molecule has 0 radical (unpaired) electrons. The van der Waals surface area contributed by atoms with Gasteiger partial charge in [0, 0.05) is 32.2 Å². The number of hydrogen-bond donors (Lipinski definition) is 1. The number of nitrogens with two attached hydrogens (primary N) is 1. The zero-order valence-corrected chi connectivity index (χ0v) is 13.9. The van der Waals surface area contributed by atoms with Gasteiger partial charge in [0.2, 0.25) is 5.91 Å². The summed E-state index contributed by atoms with van der Waals surface area (Å²) in [5.74, 6) is 0.638. The van der Waals surface area contributed by atoms with E-state index in [1.54, 1.807) is 0 Å². The first kappa shape index (κ1) is 17.0. The largest absolute Gasteiger partial charge is 0.341 e. The van der Waals surface area contributed by atoms with E-state index in [4.69, 9.17) is 5.73 Å². The second-order valence-electron chi connectivity index (χ2n) is 6.56. The van der Waals surface area contributed by atoms with Crippen molar-refractivity contribution < 1.29 is 4.79 Å². The van der Waals surface area contributed by atoms with E-state index in [2.05, 4.69) is 49.1 Å². The maximum Gasteiger partial charge on any atom is 0.236 e. The summed E-state index contributed by atoms with van der Waals surface area (Å²) in [6, 6.07) is 11.1. The van der Waals surface area contributed by atoms with Crippen LogP contribution in [0.15, 0.2) is 30.3 Å². The average molecular weight is 303 g/mol. The van der Waals surface area contributed by atoms with Crippen LogP contribution in [-0.4, -0.2) is 47.9 Å². The van der Waals surface area contributed by atoms with E-state index in [1.807, 2.05) is 4.90 Å². The molecular weight excluding hydrogens is 274 g/mol. The molecule has 1 amide bonds. The second kappa shape index (κ2) is 8.30. The van der Waals surface area contributed by atoms with Gasteiger partial charge in [-0.1, -0.05) is 30.3 Å². The fourth-order valence-corrected chi connectivity index (χ4v) is 3.18. The molecule has 4 heteroatoms. The zero-order valence-electron chi connectivity index (χ0n) is 13.9. The van der Waals surface area contributed by atoms with Crippen LogP contribution in [0, 0.1) is 5.92 Å². The van der Waals surface area contributed by atoms with Gasteiger partial charge in [0.25, 0.3) is 0 Å². The van der Waals surface area contributed by atoms with Crippen LogP contribution in [0.25, 0.3) is 0 Å². The third-order valence-electron chi connectivity index (χ3n) is 4.50. The fraction of sp³-hybridized carbons (Fsp3) is 0.611. The van der Waals surface area contributed by atoms with Crippen LogP contribution in [0.5, 0.6) is 0 Å². The topological polar surface area (TPSA) is 49.6 Å². The van der Waals surface area contributed by atoms with Crippen molar-refractivity contribution in [3.63, 3.8) is 0 Å². The van der Waals surface area contributed by atoms with Gasteiger partial charge in [0.05, 0.1) is 6.54 Å². The highest BCUT2D eigenvalue weighted by atomic mass is 16.2. The average Bonchev–Trinajstić information content (AvgIpc) is 2.54. The summed E-state index contributed by atoms with van der Waals surface area (Å²) >= 11 is 0. The van der Waals surface area contributed by atoms with Crippen LogP contribution in [0.2, 0.25) is 0 Å². The van der Waals surface area contributed by atoms with Crippen LogP contribution >= 0.6 is 0 Å². The van der Waals surface area contributed by atoms with Gasteiger partial charge in [-0.3, -0.25) is 9.69 Å². The van der Waals surface area contributed by atoms with Gasteiger partial charge >= 0.3 is 0 Å². The molecule has 2 N–H and O–H groups in total. The van der Waals surface area contributed by atoms with Gasteiger partial charge in [0.1, 0.15) is 0 Å². The third kappa shape index (κ3) is 4.82. The molecule has 122 valence electrons. The molecule has 1 saturated heterocycles. The van der Waals surface area contributed by atoms with Crippen molar-refractivity contribution in [1.82, 2.24) is 9.80 Å². The van der Waals surface area contributed by atoms with Crippen molar-refractivity contribution in [2.75, 3.05) is 26.2 Å². The van der Waals surface area contributed by atoms with Crippen LogP contribution in [0.4, 0.5) is 0 Å². The molecule has 1 aliphatic rings. The Kier molecular flexibility index (Phi) is 6.40. The highest BCUT2D eigenvalue weighted by Crippen LogP contribution is 2.20. The van der Waals surface area contributed by atoms with Crippen LogP contribution in [-0.2, 0) is 11.3 Å². The van der Waals surface area contributed by atoms with Gasteiger partial charge in [0.15, 0.2) is 0 Å². The van der Waals surface area contributed by atoms with Gasteiger partial charge in [-0.05, 0) is 38.2 Å². The second-order valence-corrected chi connectivity index (χ2v) is 6.56. The van der Waals surface area contributed by atoms with Crippen LogP contribution < -0.4 is 5.73 Å². The lowest BCUT2D eigenvalue weighted by molar-refractivity contribution is -0.131. The van der Waals surface area contributed by atoms with Gasteiger partial charge in [-0.2, -0.15) is 0 Å². The maximum atomic E-state index is 11.8. The van der Waals surface area contributed by atoms with Crippen molar-refractivity contribution in [2.24, 2.45) is 11.7 Å². The molecule has 0 unspecified atom stereocenters. The molecule has 1 heterocycles. The first-order valence-corrected chi connectivity index (χ1v) is 8.36. The Bertz CT molecular complexity index is 461. The van der Waals surface area contributed by atoms with E-state index >= 15 is 0 Å². The number of nitrogens with zero attached hydrogens (tertiary/aromatic N) is 2. The van der Waals surface area contributed by atoms with E-state index < -0.39 is 0 Å². The number of likely N-dealkylation sites (tertiary alicyclic amines) is 1.